The first-order chi connectivity index (χ1) is 41.6. The maximum Gasteiger partial charge on any atom is 0.306 e. The van der Waals surface area contributed by atoms with Crippen molar-refractivity contribution >= 4 is 11.9 Å². The molecule has 0 heterocycles. The van der Waals surface area contributed by atoms with Crippen LogP contribution in [0.4, 0.5) is 0 Å². The number of aliphatic hydroxyl groups excluding tert-OH is 1. The van der Waals surface area contributed by atoms with Gasteiger partial charge in [-0.15, -0.1) is 0 Å². The van der Waals surface area contributed by atoms with Crippen LogP contribution in [0.3, 0.4) is 0 Å². The van der Waals surface area contributed by atoms with E-state index in [1.54, 1.807) is 0 Å². The van der Waals surface area contributed by atoms with E-state index in [-0.39, 0.29) is 25.2 Å². The summed E-state index contributed by atoms with van der Waals surface area (Å²) in [6.07, 6.45) is 105. The number of allylic oxidation sites excluding steroid dienone is 14. The van der Waals surface area contributed by atoms with Crippen LogP contribution in [0.25, 0.3) is 0 Å². The molecule has 0 fully saturated rings. The Morgan fingerprint density at radius 2 is 0.512 bits per heavy atom. The third-order valence-corrected chi connectivity index (χ3v) is 16.7. The lowest BCUT2D eigenvalue weighted by Gasteiger charge is -2.15. The highest BCUT2D eigenvalue weighted by molar-refractivity contribution is 5.70. The number of hydrogen-bond acceptors (Lipinski definition) is 5. The molecule has 84 heavy (non-hydrogen) atoms. The molecule has 0 aromatic carbocycles. The van der Waals surface area contributed by atoms with Crippen molar-refractivity contribution in [2.45, 2.75) is 392 Å². The summed E-state index contributed by atoms with van der Waals surface area (Å²) in [6, 6.07) is 0. The Balaban J connectivity index is 3.40. The molecule has 0 aliphatic rings. The molecule has 0 saturated heterocycles. The molecule has 1 atom stereocenters. The minimum atomic E-state index is -0.773. The Kier molecular flexibility index (Phi) is 71.7. The second kappa shape index (κ2) is 74.3. The quantitative estimate of drug-likeness (QED) is 0.0373. The van der Waals surface area contributed by atoms with Gasteiger partial charge < -0.3 is 14.6 Å². The van der Waals surface area contributed by atoms with Crippen molar-refractivity contribution in [3.63, 3.8) is 0 Å². The lowest BCUT2D eigenvalue weighted by atomic mass is 10.0. The van der Waals surface area contributed by atoms with Crippen molar-refractivity contribution in [2.75, 3.05) is 13.2 Å². The molecule has 0 aromatic rings. The second-order valence-corrected chi connectivity index (χ2v) is 25.0. The molecule has 1 unspecified atom stereocenters. The molecular formula is C79H142O5. The first kappa shape index (κ1) is 81.1. The number of aliphatic hydroxyl groups is 1. The molecular weight excluding hydrogens is 1030 g/mol. The minimum absolute atomic E-state index is 0.0618. The van der Waals surface area contributed by atoms with Gasteiger partial charge in [-0.2, -0.15) is 0 Å². The van der Waals surface area contributed by atoms with Crippen molar-refractivity contribution in [1.82, 2.24) is 0 Å². The maximum atomic E-state index is 12.4. The molecule has 0 aromatic heterocycles. The summed E-state index contributed by atoms with van der Waals surface area (Å²) in [5.41, 5.74) is 0. The molecule has 0 radical (unpaired) electrons. The molecule has 0 bridgehead atoms. The third kappa shape index (κ3) is 71.6. The smallest absolute Gasteiger partial charge is 0.306 e. The van der Waals surface area contributed by atoms with Crippen molar-refractivity contribution < 1.29 is 24.2 Å². The Morgan fingerprint density at radius 3 is 0.774 bits per heavy atom. The number of carbonyl (C=O) groups excluding carboxylic acids is 2. The molecule has 488 valence electrons. The molecule has 0 saturated carbocycles. The topological polar surface area (TPSA) is 72.8 Å². The summed E-state index contributed by atoms with van der Waals surface area (Å²) in [5.74, 6) is -0.569. The van der Waals surface area contributed by atoms with Crippen LogP contribution in [0.5, 0.6) is 0 Å². The predicted molar refractivity (Wildman–Crippen MR) is 371 cm³/mol. The summed E-state index contributed by atoms with van der Waals surface area (Å²) >= 11 is 0. The van der Waals surface area contributed by atoms with Crippen LogP contribution < -0.4 is 0 Å². The Morgan fingerprint density at radius 1 is 0.286 bits per heavy atom. The zero-order valence-electron chi connectivity index (χ0n) is 56.2. The van der Waals surface area contributed by atoms with Crippen LogP contribution in [-0.2, 0) is 19.1 Å². The number of unbranched alkanes of at least 4 members (excludes halogenated alkanes) is 47. The first-order valence-electron chi connectivity index (χ1n) is 37.1. The third-order valence-electron chi connectivity index (χ3n) is 16.7. The molecule has 0 aliphatic heterocycles. The maximum absolute atomic E-state index is 12.4. The van der Waals surface area contributed by atoms with E-state index < -0.39 is 6.10 Å². The molecule has 1 N–H and O–H groups in total. The molecule has 0 amide bonds. The van der Waals surface area contributed by atoms with Crippen molar-refractivity contribution in [2.24, 2.45) is 0 Å². The minimum Gasteiger partial charge on any atom is -0.462 e. The summed E-state index contributed by atoms with van der Waals surface area (Å²) < 4.78 is 10.8. The zero-order valence-corrected chi connectivity index (χ0v) is 56.2. The molecule has 0 aliphatic carbocycles. The Labute approximate surface area is 524 Å². The van der Waals surface area contributed by atoms with Crippen LogP contribution >= 0.6 is 0 Å². The van der Waals surface area contributed by atoms with E-state index in [1.165, 1.54) is 283 Å². The standard InChI is InChI=1S/C79H142O5/c1-3-5-7-9-11-13-15-17-19-21-23-25-27-29-31-33-35-36-37-38-39-40-41-42-44-46-48-50-52-54-56-58-60-62-64-66-68-70-72-74-79(82)84-77(75-80)76-83-78(81)73-71-69-67-65-63-61-59-57-55-53-51-49-47-45-43-34-32-30-28-26-24-22-20-18-16-14-12-10-8-6-4-2/h5,7,11,13,16-19,22-25,29,31,77,80H,3-4,6,8-10,12,14-15,20-21,26-28,30,32-76H2,1-2H3/b7-5-,13-11-,18-16-,19-17-,24-22-,25-23-,31-29-. The van der Waals surface area contributed by atoms with Gasteiger partial charge in [-0.3, -0.25) is 9.59 Å². The average Bonchev–Trinajstić information content (AvgIpc) is 3.51. The summed E-state index contributed by atoms with van der Waals surface area (Å²) in [5, 5.41) is 9.72. The predicted octanol–water partition coefficient (Wildman–Crippen LogP) is 26.0. The largest absolute Gasteiger partial charge is 0.462 e. The van der Waals surface area contributed by atoms with Gasteiger partial charge >= 0.3 is 11.9 Å². The highest BCUT2D eigenvalue weighted by Crippen LogP contribution is 2.19. The van der Waals surface area contributed by atoms with Gasteiger partial charge in [-0.25, -0.2) is 0 Å². The number of rotatable bonds is 69. The fraction of sp³-hybridized carbons (Fsp3) is 0.797. The highest BCUT2D eigenvalue weighted by atomic mass is 16.6. The van der Waals surface area contributed by atoms with Crippen LogP contribution in [-0.4, -0.2) is 36.4 Å². The van der Waals surface area contributed by atoms with Gasteiger partial charge in [0.2, 0.25) is 0 Å². The van der Waals surface area contributed by atoms with E-state index in [0.29, 0.717) is 12.8 Å². The SMILES string of the molecule is CC/C=C\C/C=C\C/C=C\C/C=C\C/C=C\CCCCCCCCCCCCCCCCCCCCCCCCCC(=O)OC(CO)COC(=O)CCCCCCCCCCCCCCCCCCCCC/C=C\C/C=C\CCCCCCC. The van der Waals surface area contributed by atoms with E-state index in [2.05, 4.69) is 98.9 Å². The second-order valence-electron chi connectivity index (χ2n) is 25.0. The summed E-state index contributed by atoms with van der Waals surface area (Å²) in [4.78, 5) is 24.7. The van der Waals surface area contributed by atoms with E-state index in [4.69, 9.17) is 9.47 Å². The normalized spacial score (nSPS) is 12.7. The molecule has 0 rings (SSSR count). The number of esters is 2. The van der Waals surface area contributed by atoms with Gasteiger partial charge in [-0.1, -0.05) is 369 Å². The lowest BCUT2D eigenvalue weighted by molar-refractivity contribution is -0.161. The van der Waals surface area contributed by atoms with Crippen molar-refractivity contribution in [3.05, 3.63) is 85.1 Å². The average molecular weight is 1170 g/mol. The summed E-state index contributed by atoms with van der Waals surface area (Å²) in [6.45, 7) is 4.07. The Bertz CT molecular complexity index is 1520. The summed E-state index contributed by atoms with van der Waals surface area (Å²) in [7, 11) is 0. The van der Waals surface area contributed by atoms with Gasteiger partial charge in [0, 0.05) is 12.8 Å². The van der Waals surface area contributed by atoms with E-state index in [9.17, 15) is 14.7 Å². The van der Waals surface area contributed by atoms with Gasteiger partial charge in [-0.05, 0) is 89.9 Å². The van der Waals surface area contributed by atoms with Gasteiger partial charge in [0.1, 0.15) is 6.61 Å². The highest BCUT2D eigenvalue weighted by Gasteiger charge is 2.16. The van der Waals surface area contributed by atoms with Gasteiger partial charge in [0.05, 0.1) is 6.61 Å². The van der Waals surface area contributed by atoms with E-state index in [1.807, 2.05) is 0 Å². The van der Waals surface area contributed by atoms with E-state index >= 15 is 0 Å². The number of hydrogen-bond donors (Lipinski definition) is 1. The fourth-order valence-electron chi connectivity index (χ4n) is 11.1. The van der Waals surface area contributed by atoms with Crippen LogP contribution in [0.2, 0.25) is 0 Å². The number of carbonyl (C=O) groups is 2. The van der Waals surface area contributed by atoms with Crippen LogP contribution in [0.15, 0.2) is 85.1 Å². The monoisotopic (exact) mass is 1170 g/mol. The van der Waals surface area contributed by atoms with Crippen molar-refractivity contribution in [1.29, 1.82) is 0 Å². The van der Waals surface area contributed by atoms with E-state index in [0.717, 1.165) is 77.0 Å². The van der Waals surface area contributed by atoms with Gasteiger partial charge in [0.15, 0.2) is 6.10 Å². The lowest BCUT2D eigenvalue weighted by Crippen LogP contribution is -2.28. The fourth-order valence-corrected chi connectivity index (χ4v) is 11.1. The molecule has 5 heteroatoms. The van der Waals surface area contributed by atoms with Crippen molar-refractivity contribution in [3.8, 4) is 0 Å². The number of ether oxygens (including phenoxy) is 2. The van der Waals surface area contributed by atoms with Crippen LogP contribution in [0.1, 0.15) is 386 Å². The molecule has 5 nitrogen and oxygen atoms in total. The molecule has 0 spiro atoms. The van der Waals surface area contributed by atoms with Crippen LogP contribution in [0, 0.1) is 0 Å². The Hall–Kier alpha value is -2.92. The zero-order chi connectivity index (χ0) is 60.5. The first-order valence-corrected chi connectivity index (χ1v) is 37.1. The van der Waals surface area contributed by atoms with Gasteiger partial charge in [0.25, 0.3) is 0 Å².